The van der Waals surface area contributed by atoms with Gasteiger partial charge in [0.1, 0.15) is 11.6 Å². The van der Waals surface area contributed by atoms with Gasteiger partial charge in [-0.3, -0.25) is 9.69 Å². The van der Waals surface area contributed by atoms with Crippen molar-refractivity contribution in [1.82, 2.24) is 14.8 Å². The molecule has 1 amide bonds. The number of hydrogen-bond acceptors (Lipinski definition) is 6. The number of fused-ring (bicyclic) bond motifs is 2. The van der Waals surface area contributed by atoms with Crippen molar-refractivity contribution >= 4 is 40.8 Å². The Morgan fingerprint density at radius 3 is 2.30 bits per heavy atom. The third kappa shape index (κ3) is 5.60. The van der Waals surface area contributed by atoms with Gasteiger partial charge in [0.25, 0.3) is 0 Å². The van der Waals surface area contributed by atoms with E-state index in [4.69, 9.17) is 4.74 Å². The van der Waals surface area contributed by atoms with Gasteiger partial charge in [-0.1, -0.05) is 66.0 Å². The van der Waals surface area contributed by atoms with Crippen LogP contribution in [0, 0.1) is 0 Å². The van der Waals surface area contributed by atoms with Crippen molar-refractivity contribution < 1.29 is 9.53 Å². The van der Waals surface area contributed by atoms with Crippen LogP contribution in [0.4, 0.5) is 11.4 Å². The zero-order chi connectivity index (χ0) is 25.6. The molecule has 2 heterocycles. The van der Waals surface area contributed by atoms with Gasteiger partial charge in [0, 0.05) is 22.8 Å². The Bertz CT molecular complexity index is 1360. The maximum absolute atomic E-state index is 13.6. The first kappa shape index (κ1) is 25.2. The number of allylic oxidation sites excluding steroid dienone is 1. The summed E-state index contributed by atoms with van der Waals surface area (Å²) >= 11 is 3.12. The van der Waals surface area contributed by atoms with E-state index < -0.39 is 0 Å². The molecule has 0 saturated carbocycles. The highest BCUT2D eigenvalue weighted by Crippen LogP contribution is 2.48. The third-order valence-corrected chi connectivity index (χ3v) is 8.22. The van der Waals surface area contributed by atoms with Crippen LogP contribution in [0.5, 0.6) is 5.75 Å². The van der Waals surface area contributed by atoms with E-state index in [1.807, 2.05) is 59.5 Å². The quantitative estimate of drug-likeness (QED) is 0.171. The first-order valence-electron chi connectivity index (χ1n) is 12.2. The predicted molar refractivity (Wildman–Crippen MR) is 150 cm³/mol. The summed E-state index contributed by atoms with van der Waals surface area (Å²) < 4.78 is 7.30. The highest BCUT2D eigenvalue weighted by atomic mass is 32.2. The van der Waals surface area contributed by atoms with E-state index in [0.717, 1.165) is 57.2 Å². The molecule has 0 fully saturated rings. The van der Waals surface area contributed by atoms with Crippen LogP contribution in [-0.4, -0.2) is 33.5 Å². The number of aromatic nitrogens is 3. The first-order valence-corrected chi connectivity index (χ1v) is 14.0. The third-order valence-electron chi connectivity index (χ3n) is 6.14. The number of carbonyl (C=O) groups excluding carboxylic acids is 1. The number of aryl methyl sites for hydroxylation is 2. The van der Waals surface area contributed by atoms with Crippen LogP contribution >= 0.6 is 23.5 Å². The molecule has 1 aliphatic heterocycles. The predicted octanol–water partition coefficient (Wildman–Crippen LogP) is 6.57. The number of nitrogens with zero attached hydrogens (tertiary/aromatic N) is 4. The van der Waals surface area contributed by atoms with Gasteiger partial charge in [-0.2, -0.15) is 0 Å². The summed E-state index contributed by atoms with van der Waals surface area (Å²) in [6.45, 7) is 4.51. The standard InChI is InChI=1S/C29H28N4O2S2/c1-3-19-32-27(14-8-9-21-15-17-22(35-2)18-16-21)30-31-29(32)36-20-28(34)33-23-10-4-6-12-25(23)37-26-13-7-5-11-24(26)33/h3-7,10-13,15-18H,1,8-9,14,19-20H2,2H3. The van der Waals surface area contributed by atoms with Crippen LogP contribution in [0.15, 0.2) is 100 Å². The van der Waals surface area contributed by atoms with E-state index in [0.29, 0.717) is 6.54 Å². The van der Waals surface area contributed by atoms with E-state index in [9.17, 15) is 4.79 Å². The van der Waals surface area contributed by atoms with E-state index in [1.54, 1.807) is 18.9 Å². The average molecular weight is 529 g/mol. The second-order valence-corrected chi connectivity index (χ2v) is 10.6. The van der Waals surface area contributed by atoms with Crippen LogP contribution in [0.25, 0.3) is 0 Å². The fourth-order valence-electron chi connectivity index (χ4n) is 4.33. The van der Waals surface area contributed by atoms with Crippen LogP contribution in [0.1, 0.15) is 17.8 Å². The molecule has 0 N–H and O–H groups in total. The van der Waals surface area contributed by atoms with Crippen molar-refractivity contribution in [3.8, 4) is 5.75 Å². The van der Waals surface area contributed by atoms with Gasteiger partial charge in [0.2, 0.25) is 5.91 Å². The molecule has 0 spiro atoms. The second kappa shape index (κ2) is 11.7. The number of carbonyl (C=O) groups is 1. The molecule has 0 radical (unpaired) electrons. The van der Waals surface area contributed by atoms with Crippen LogP contribution in [0.3, 0.4) is 0 Å². The zero-order valence-electron chi connectivity index (χ0n) is 20.7. The fourth-order valence-corrected chi connectivity index (χ4v) is 6.20. The molecule has 0 unspecified atom stereocenters. The molecule has 3 aromatic carbocycles. The number of rotatable bonds is 10. The van der Waals surface area contributed by atoms with Crippen molar-refractivity contribution in [3.05, 3.63) is 96.8 Å². The molecular weight excluding hydrogens is 500 g/mol. The number of benzene rings is 3. The first-order chi connectivity index (χ1) is 18.2. The van der Waals surface area contributed by atoms with Gasteiger partial charge >= 0.3 is 0 Å². The molecule has 0 bridgehead atoms. The van der Waals surface area contributed by atoms with E-state index in [2.05, 4.69) is 45.6 Å². The van der Waals surface area contributed by atoms with Gasteiger partial charge in [-0.15, -0.1) is 16.8 Å². The summed E-state index contributed by atoms with van der Waals surface area (Å²) in [4.78, 5) is 17.5. The van der Waals surface area contributed by atoms with E-state index in [1.165, 1.54) is 17.3 Å². The topological polar surface area (TPSA) is 60.2 Å². The molecule has 0 saturated heterocycles. The summed E-state index contributed by atoms with van der Waals surface area (Å²) in [6.07, 6.45) is 4.53. The van der Waals surface area contributed by atoms with Crippen LogP contribution in [-0.2, 0) is 24.2 Å². The SMILES string of the molecule is C=CCn1c(CCCc2ccc(OC)cc2)nnc1SCC(=O)N1c2ccccc2Sc2ccccc21. The molecule has 1 aromatic heterocycles. The minimum absolute atomic E-state index is 0.0133. The van der Waals surface area contributed by atoms with E-state index in [-0.39, 0.29) is 11.7 Å². The lowest BCUT2D eigenvalue weighted by atomic mass is 10.1. The highest BCUT2D eigenvalue weighted by molar-refractivity contribution is 8.00. The maximum Gasteiger partial charge on any atom is 0.242 e. The van der Waals surface area contributed by atoms with Gasteiger partial charge in [-0.25, -0.2) is 0 Å². The van der Waals surface area contributed by atoms with Gasteiger partial charge in [-0.05, 0) is 54.8 Å². The molecule has 37 heavy (non-hydrogen) atoms. The molecule has 188 valence electrons. The molecule has 5 rings (SSSR count). The normalized spacial score (nSPS) is 12.1. The zero-order valence-corrected chi connectivity index (χ0v) is 22.3. The Morgan fingerprint density at radius 1 is 0.973 bits per heavy atom. The molecule has 0 atom stereocenters. The molecular formula is C29H28N4O2S2. The average Bonchev–Trinajstić information content (AvgIpc) is 3.32. The molecule has 6 nitrogen and oxygen atoms in total. The summed E-state index contributed by atoms with van der Waals surface area (Å²) in [5.41, 5.74) is 3.10. The number of para-hydroxylation sites is 2. The Kier molecular flexibility index (Phi) is 7.96. The summed E-state index contributed by atoms with van der Waals surface area (Å²) in [7, 11) is 1.67. The van der Waals surface area contributed by atoms with E-state index >= 15 is 0 Å². The van der Waals surface area contributed by atoms with Crippen LogP contribution < -0.4 is 9.64 Å². The molecule has 1 aliphatic rings. The summed E-state index contributed by atoms with van der Waals surface area (Å²) in [6, 6.07) is 24.2. The lowest BCUT2D eigenvalue weighted by Crippen LogP contribution is -2.30. The van der Waals surface area contributed by atoms with Crippen molar-refractivity contribution in [2.24, 2.45) is 0 Å². The monoisotopic (exact) mass is 528 g/mol. The fraction of sp³-hybridized carbons (Fsp3) is 0.207. The van der Waals surface area contributed by atoms with Gasteiger partial charge in [0.05, 0.1) is 24.2 Å². The van der Waals surface area contributed by atoms with Crippen LogP contribution in [0.2, 0.25) is 0 Å². The molecule has 4 aromatic rings. The number of amides is 1. The highest BCUT2D eigenvalue weighted by Gasteiger charge is 2.28. The number of thioether (sulfide) groups is 1. The number of ether oxygens (including phenoxy) is 1. The molecule has 0 aliphatic carbocycles. The van der Waals surface area contributed by atoms with Gasteiger partial charge in [0.15, 0.2) is 5.16 Å². The smallest absolute Gasteiger partial charge is 0.242 e. The maximum atomic E-state index is 13.6. The summed E-state index contributed by atoms with van der Waals surface area (Å²) in [5.74, 6) is 2.04. The van der Waals surface area contributed by atoms with Crippen molar-refractivity contribution in [3.63, 3.8) is 0 Å². The minimum atomic E-state index is 0.0133. The number of anilines is 2. The Morgan fingerprint density at radius 2 is 1.65 bits per heavy atom. The largest absolute Gasteiger partial charge is 0.497 e. The van der Waals surface area contributed by atoms with Gasteiger partial charge < -0.3 is 9.30 Å². The second-order valence-electron chi connectivity index (χ2n) is 8.56. The lowest BCUT2D eigenvalue weighted by Gasteiger charge is -2.30. The lowest BCUT2D eigenvalue weighted by molar-refractivity contribution is -0.115. The summed E-state index contributed by atoms with van der Waals surface area (Å²) in [5, 5.41) is 9.61. The Hall–Kier alpha value is -3.49. The van der Waals surface area contributed by atoms with Crippen molar-refractivity contribution in [2.45, 2.75) is 40.8 Å². The molecule has 8 heteroatoms. The number of hydrogen-bond donors (Lipinski definition) is 0. The number of methoxy groups -OCH3 is 1. The Balaban J connectivity index is 1.27. The minimum Gasteiger partial charge on any atom is -0.497 e. The van der Waals surface area contributed by atoms with Crippen molar-refractivity contribution in [2.75, 3.05) is 17.8 Å². The Labute approximate surface area is 225 Å². The van der Waals surface area contributed by atoms with Crippen molar-refractivity contribution in [1.29, 1.82) is 0 Å².